The molecular weight excluding hydrogens is 224 g/mol. The third kappa shape index (κ3) is 3.05. The minimum Gasteiger partial charge on any atom is -0.340 e. The Kier molecular flexibility index (Phi) is 4.66. The summed E-state index contributed by atoms with van der Waals surface area (Å²) >= 11 is 0. The Morgan fingerprint density at radius 1 is 1.11 bits per heavy atom. The van der Waals surface area contributed by atoms with Crippen LogP contribution in [0.1, 0.15) is 58.8 Å². The first-order valence-electron chi connectivity index (χ1n) is 7.65. The van der Waals surface area contributed by atoms with Crippen LogP contribution in [0, 0.1) is 11.8 Å². The second-order valence-electron chi connectivity index (χ2n) is 6.39. The summed E-state index contributed by atoms with van der Waals surface area (Å²) in [5, 5.41) is 0. The van der Waals surface area contributed by atoms with Crippen LogP contribution in [0.15, 0.2) is 0 Å². The van der Waals surface area contributed by atoms with Crippen LogP contribution in [0.2, 0.25) is 0 Å². The van der Waals surface area contributed by atoms with Crippen molar-refractivity contribution in [3.8, 4) is 0 Å². The van der Waals surface area contributed by atoms with Gasteiger partial charge in [0.05, 0.1) is 0 Å². The molecule has 2 rings (SSSR count). The number of nitrogens with two attached hydrogens (primary N) is 1. The molecule has 0 aromatic rings. The predicted octanol–water partition coefficient (Wildman–Crippen LogP) is 2.54. The molecule has 4 atom stereocenters. The van der Waals surface area contributed by atoms with Crippen molar-refractivity contribution in [2.45, 2.75) is 70.9 Å². The number of amides is 1. The van der Waals surface area contributed by atoms with E-state index in [4.69, 9.17) is 5.73 Å². The zero-order chi connectivity index (χ0) is 13.1. The van der Waals surface area contributed by atoms with Crippen LogP contribution < -0.4 is 5.73 Å². The van der Waals surface area contributed by atoms with Gasteiger partial charge in [-0.3, -0.25) is 4.79 Å². The molecule has 18 heavy (non-hydrogen) atoms. The van der Waals surface area contributed by atoms with Gasteiger partial charge in [-0.25, -0.2) is 0 Å². The number of carbonyl (C=O) groups excluding carboxylic acids is 1. The molecule has 3 nitrogen and oxygen atoms in total. The molecular formula is C15H28N2O. The molecule has 4 unspecified atom stereocenters. The summed E-state index contributed by atoms with van der Waals surface area (Å²) in [6.45, 7) is 5.38. The van der Waals surface area contributed by atoms with Crippen LogP contribution in [-0.4, -0.2) is 29.4 Å². The molecule has 2 fully saturated rings. The van der Waals surface area contributed by atoms with Gasteiger partial charge >= 0.3 is 0 Å². The minimum atomic E-state index is 0.175. The Labute approximate surface area is 111 Å². The molecule has 1 saturated carbocycles. The van der Waals surface area contributed by atoms with Crippen molar-refractivity contribution in [3.05, 3.63) is 0 Å². The summed E-state index contributed by atoms with van der Waals surface area (Å²) in [5.74, 6) is 1.06. The highest BCUT2D eigenvalue weighted by atomic mass is 16.2. The average molecular weight is 252 g/mol. The molecule has 1 heterocycles. The van der Waals surface area contributed by atoms with Crippen molar-refractivity contribution in [1.29, 1.82) is 0 Å². The van der Waals surface area contributed by atoms with E-state index in [0.717, 1.165) is 25.8 Å². The number of rotatable bonds is 1. The second kappa shape index (κ2) is 6.05. The molecule has 0 spiro atoms. The van der Waals surface area contributed by atoms with Crippen LogP contribution in [0.3, 0.4) is 0 Å². The van der Waals surface area contributed by atoms with Gasteiger partial charge in [0.15, 0.2) is 0 Å². The van der Waals surface area contributed by atoms with Gasteiger partial charge < -0.3 is 10.6 Å². The maximum Gasteiger partial charge on any atom is 0.226 e. The highest BCUT2D eigenvalue weighted by molar-refractivity contribution is 5.79. The van der Waals surface area contributed by atoms with Crippen LogP contribution in [0.25, 0.3) is 0 Å². The highest BCUT2D eigenvalue weighted by Crippen LogP contribution is 2.32. The van der Waals surface area contributed by atoms with E-state index in [9.17, 15) is 4.79 Å². The van der Waals surface area contributed by atoms with Gasteiger partial charge in [0.25, 0.3) is 0 Å². The monoisotopic (exact) mass is 252 g/mol. The Morgan fingerprint density at radius 2 is 1.89 bits per heavy atom. The standard InChI is InChI=1S/C15H28N2O/c1-11-7-8-13(16)10-14(11)15(18)17-9-5-3-4-6-12(17)2/h11-14H,3-10,16H2,1-2H3. The van der Waals surface area contributed by atoms with E-state index in [0.29, 0.717) is 17.9 Å². The normalized spacial score (nSPS) is 38.3. The third-order valence-electron chi connectivity index (χ3n) is 4.89. The van der Waals surface area contributed by atoms with Gasteiger partial charge in [0.1, 0.15) is 0 Å². The summed E-state index contributed by atoms with van der Waals surface area (Å²) in [5.41, 5.74) is 6.05. The molecule has 1 amide bonds. The average Bonchev–Trinajstić information content (AvgIpc) is 2.56. The Hall–Kier alpha value is -0.570. The molecule has 3 heteroatoms. The predicted molar refractivity (Wildman–Crippen MR) is 74.1 cm³/mol. The SMILES string of the molecule is CC1CCC(N)CC1C(=O)N1CCCCCC1C. The topological polar surface area (TPSA) is 46.3 Å². The zero-order valence-corrected chi connectivity index (χ0v) is 11.9. The Bertz CT molecular complexity index is 288. The van der Waals surface area contributed by atoms with Gasteiger partial charge in [0, 0.05) is 24.5 Å². The highest BCUT2D eigenvalue weighted by Gasteiger charge is 2.35. The van der Waals surface area contributed by atoms with E-state index in [1.807, 2.05) is 0 Å². The maximum absolute atomic E-state index is 12.7. The molecule has 1 aliphatic carbocycles. The smallest absolute Gasteiger partial charge is 0.226 e. The molecule has 1 saturated heterocycles. The number of hydrogen-bond donors (Lipinski definition) is 1. The van der Waals surface area contributed by atoms with Crippen LogP contribution in [0.5, 0.6) is 0 Å². The fourth-order valence-corrected chi connectivity index (χ4v) is 3.51. The Morgan fingerprint density at radius 3 is 2.67 bits per heavy atom. The van der Waals surface area contributed by atoms with Gasteiger partial charge in [-0.1, -0.05) is 19.8 Å². The number of carbonyl (C=O) groups is 1. The molecule has 2 aliphatic rings. The second-order valence-corrected chi connectivity index (χ2v) is 6.39. The molecule has 2 N–H and O–H groups in total. The van der Waals surface area contributed by atoms with Crippen molar-refractivity contribution in [2.75, 3.05) is 6.54 Å². The molecule has 0 aromatic carbocycles. The molecule has 0 aromatic heterocycles. The molecule has 104 valence electrons. The first-order valence-corrected chi connectivity index (χ1v) is 7.65. The van der Waals surface area contributed by atoms with Gasteiger partial charge in [-0.2, -0.15) is 0 Å². The number of hydrogen-bond acceptors (Lipinski definition) is 2. The van der Waals surface area contributed by atoms with E-state index >= 15 is 0 Å². The summed E-state index contributed by atoms with van der Waals surface area (Å²) in [6, 6.07) is 0.655. The van der Waals surface area contributed by atoms with Crippen LogP contribution in [0.4, 0.5) is 0 Å². The third-order valence-corrected chi connectivity index (χ3v) is 4.89. The van der Waals surface area contributed by atoms with E-state index in [1.54, 1.807) is 0 Å². The van der Waals surface area contributed by atoms with Gasteiger partial charge in [-0.15, -0.1) is 0 Å². The summed E-state index contributed by atoms with van der Waals surface area (Å²) < 4.78 is 0. The minimum absolute atomic E-state index is 0.175. The molecule has 0 radical (unpaired) electrons. The summed E-state index contributed by atoms with van der Waals surface area (Å²) in [4.78, 5) is 14.9. The van der Waals surface area contributed by atoms with E-state index < -0.39 is 0 Å². The fraction of sp³-hybridized carbons (Fsp3) is 0.933. The first kappa shape index (κ1) is 13.9. The van der Waals surface area contributed by atoms with Gasteiger partial charge in [-0.05, 0) is 44.9 Å². The van der Waals surface area contributed by atoms with Gasteiger partial charge in [0.2, 0.25) is 5.91 Å². The lowest BCUT2D eigenvalue weighted by molar-refractivity contribution is -0.140. The summed E-state index contributed by atoms with van der Waals surface area (Å²) in [6.07, 6.45) is 7.96. The van der Waals surface area contributed by atoms with Crippen molar-refractivity contribution in [3.63, 3.8) is 0 Å². The van der Waals surface area contributed by atoms with Crippen molar-refractivity contribution in [1.82, 2.24) is 4.90 Å². The van der Waals surface area contributed by atoms with Crippen LogP contribution >= 0.6 is 0 Å². The van der Waals surface area contributed by atoms with Crippen molar-refractivity contribution in [2.24, 2.45) is 17.6 Å². The lowest BCUT2D eigenvalue weighted by Crippen LogP contribution is -2.47. The van der Waals surface area contributed by atoms with E-state index in [-0.39, 0.29) is 12.0 Å². The quantitative estimate of drug-likeness (QED) is 0.779. The molecule has 0 bridgehead atoms. The van der Waals surface area contributed by atoms with E-state index in [1.165, 1.54) is 25.7 Å². The molecule has 1 aliphatic heterocycles. The summed E-state index contributed by atoms with van der Waals surface area (Å²) in [7, 11) is 0. The lowest BCUT2D eigenvalue weighted by Gasteiger charge is -2.37. The number of likely N-dealkylation sites (tertiary alicyclic amines) is 1. The Balaban J connectivity index is 2.03. The lowest BCUT2D eigenvalue weighted by atomic mass is 9.77. The van der Waals surface area contributed by atoms with Crippen molar-refractivity contribution >= 4 is 5.91 Å². The largest absolute Gasteiger partial charge is 0.340 e. The van der Waals surface area contributed by atoms with Crippen molar-refractivity contribution < 1.29 is 4.79 Å². The number of nitrogens with zero attached hydrogens (tertiary/aromatic N) is 1. The fourth-order valence-electron chi connectivity index (χ4n) is 3.51. The maximum atomic E-state index is 12.7. The first-order chi connectivity index (χ1) is 8.59. The zero-order valence-electron chi connectivity index (χ0n) is 11.9. The van der Waals surface area contributed by atoms with E-state index in [2.05, 4.69) is 18.7 Å². The van der Waals surface area contributed by atoms with Crippen LogP contribution in [-0.2, 0) is 4.79 Å².